The molecule has 0 unspecified atom stereocenters. The van der Waals surface area contributed by atoms with Gasteiger partial charge in [-0.1, -0.05) is 20.3 Å². The van der Waals surface area contributed by atoms with Gasteiger partial charge in [0.15, 0.2) is 0 Å². The van der Waals surface area contributed by atoms with E-state index >= 15 is 0 Å². The lowest BCUT2D eigenvalue weighted by Crippen LogP contribution is -2.31. The van der Waals surface area contributed by atoms with Gasteiger partial charge in [-0.05, 0) is 24.6 Å². The summed E-state index contributed by atoms with van der Waals surface area (Å²) in [5, 5.41) is 0. The molecular formula is C12H19FN2O2S. The van der Waals surface area contributed by atoms with Crippen LogP contribution >= 0.6 is 0 Å². The molecule has 0 aliphatic heterocycles. The van der Waals surface area contributed by atoms with Crippen molar-refractivity contribution in [3.63, 3.8) is 0 Å². The van der Waals surface area contributed by atoms with Crippen molar-refractivity contribution in [2.75, 3.05) is 18.8 Å². The molecule has 0 saturated heterocycles. The van der Waals surface area contributed by atoms with Crippen LogP contribution in [0.15, 0.2) is 23.1 Å². The predicted octanol–water partition coefficient (Wildman–Crippen LogP) is 2.22. The molecule has 0 aromatic heterocycles. The lowest BCUT2D eigenvalue weighted by molar-refractivity contribution is 0.418. The summed E-state index contributed by atoms with van der Waals surface area (Å²) >= 11 is 0. The third kappa shape index (κ3) is 3.20. The Morgan fingerprint density at radius 2 is 2.00 bits per heavy atom. The summed E-state index contributed by atoms with van der Waals surface area (Å²) in [4.78, 5) is -0.0489. The minimum Gasteiger partial charge on any atom is -0.396 e. The molecule has 0 aliphatic carbocycles. The van der Waals surface area contributed by atoms with Crippen LogP contribution in [0.4, 0.5) is 10.1 Å². The van der Waals surface area contributed by atoms with Crippen molar-refractivity contribution in [1.82, 2.24) is 4.31 Å². The number of nitrogens with two attached hydrogens (primary N) is 1. The zero-order valence-electron chi connectivity index (χ0n) is 10.7. The SMILES string of the molecule is CCCCN(CC)S(=O)(=O)c1ccc(N)c(F)c1. The second kappa shape index (κ2) is 6.15. The number of benzene rings is 1. The Morgan fingerprint density at radius 3 is 2.50 bits per heavy atom. The van der Waals surface area contributed by atoms with Gasteiger partial charge in [-0.25, -0.2) is 12.8 Å². The maximum Gasteiger partial charge on any atom is 0.243 e. The topological polar surface area (TPSA) is 63.4 Å². The lowest BCUT2D eigenvalue weighted by atomic mass is 10.3. The summed E-state index contributed by atoms with van der Waals surface area (Å²) in [5.74, 6) is -0.706. The summed E-state index contributed by atoms with van der Waals surface area (Å²) < 4.78 is 39.2. The molecular weight excluding hydrogens is 255 g/mol. The van der Waals surface area contributed by atoms with Gasteiger partial charge in [-0.3, -0.25) is 0 Å². The molecule has 102 valence electrons. The number of rotatable bonds is 6. The first-order valence-electron chi connectivity index (χ1n) is 5.98. The summed E-state index contributed by atoms with van der Waals surface area (Å²) in [5.41, 5.74) is 5.29. The molecule has 1 aromatic carbocycles. The number of nitrogens with zero attached hydrogens (tertiary/aromatic N) is 1. The minimum absolute atomic E-state index is 0.0489. The first-order chi connectivity index (χ1) is 8.43. The van der Waals surface area contributed by atoms with Crippen LogP contribution in [0.25, 0.3) is 0 Å². The Balaban J connectivity index is 3.06. The monoisotopic (exact) mass is 274 g/mol. The third-order valence-electron chi connectivity index (χ3n) is 2.72. The van der Waals surface area contributed by atoms with E-state index in [2.05, 4.69) is 0 Å². The zero-order valence-corrected chi connectivity index (χ0v) is 11.5. The van der Waals surface area contributed by atoms with Crippen molar-refractivity contribution in [3.05, 3.63) is 24.0 Å². The van der Waals surface area contributed by atoms with E-state index in [1.54, 1.807) is 6.92 Å². The van der Waals surface area contributed by atoms with E-state index < -0.39 is 15.8 Å². The van der Waals surface area contributed by atoms with E-state index in [4.69, 9.17) is 5.73 Å². The van der Waals surface area contributed by atoms with Gasteiger partial charge in [0, 0.05) is 13.1 Å². The molecule has 1 aromatic rings. The van der Waals surface area contributed by atoms with Gasteiger partial charge in [0.25, 0.3) is 0 Å². The first-order valence-corrected chi connectivity index (χ1v) is 7.42. The second-order valence-corrected chi connectivity index (χ2v) is 5.97. The van der Waals surface area contributed by atoms with Crippen LogP contribution in [-0.4, -0.2) is 25.8 Å². The summed E-state index contributed by atoms with van der Waals surface area (Å²) in [6, 6.07) is 3.58. The molecule has 0 fully saturated rings. The molecule has 0 amide bonds. The molecule has 4 nitrogen and oxygen atoms in total. The van der Waals surface area contributed by atoms with Gasteiger partial charge in [-0.15, -0.1) is 0 Å². The molecule has 2 N–H and O–H groups in total. The number of sulfonamides is 1. The van der Waals surface area contributed by atoms with E-state index in [0.717, 1.165) is 18.9 Å². The number of anilines is 1. The van der Waals surface area contributed by atoms with Crippen molar-refractivity contribution in [2.24, 2.45) is 0 Å². The van der Waals surface area contributed by atoms with Crippen molar-refractivity contribution in [3.8, 4) is 0 Å². The predicted molar refractivity (Wildman–Crippen MR) is 70.2 cm³/mol. The molecule has 0 saturated carbocycles. The van der Waals surface area contributed by atoms with E-state index in [-0.39, 0.29) is 10.6 Å². The highest BCUT2D eigenvalue weighted by molar-refractivity contribution is 7.89. The minimum atomic E-state index is -3.62. The maximum atomic E-state index is 13.3. The van der Waals surface area contributed by atoms with E-state index in [9.17, 15) is 12.8 Å². The number of nitrogen functional groups attached to an aromatic ring is 1. The quantitative estimate of drug-likeness (QED) is 0.809. The van der Waals surface area contributed by atoms with Gasteiger partial charge in [0.1, 0.15) is 5.82 Å². The van der Waals surface area contributed by atoms with Gasteiger partial charge < -0.3 is 5.73 Å². The Bertz CT molecular complexity index is 503. The van der Waals surface area contributed by atoms with Crippen LogP contribution in [-0.2, 0) is 10.0 Å². The van der Waals surface area contributed by atoms with Crippen molar-refractivity contribution in [2.45, 2.75) is 31.6 Å². The lowest BCUT2D eigenvalue weighted by Gasteiger charge is -2.20. The molecule has 6 heteroatoms. The average Bonchev–Trinajstić information content (AvgIpc) is 2.33. The fraction of sp³-hybridized carbons (Fsp3) is 0.500. The van der Waals surface area contributed by atoms with Gasteiger partial charge >= 0.3 is 0 Å². The van der Waals surface area contributed by atoms with Crippen molar-refractivity contribution >= 4 is 15.7 Å². The average molecular weight is 274 g/mol. The molecule has 0 radical (unpaired) electrons. The zero-order chi connectivity index (χ0) is 13.8. The molecule has 0 bridgehead atoms. The van der Waals surface area contributed by atoms with Gasteiger partial charge in [-0.2, -0.15) is 4.31 Å². The summed E-state index contributed by atoms with van der Waals surface area (Å²) in [6.45, 7) is 4.57. The fourth-order valence-electron chi connectivity index (χ4n) is 1.60. The van der Waals surface area contributed by atoms with Crippen LogP contribution < -0.4 is 5.73 Å². The third-order valence-corrected chi connectivity index (χ3v) is 4.69. The van der Waals surface area contributed by atoms with Gasteiger partial charge in [0.2, 0.25) is 10.0 Å². The summed E-state index contributed by atoms with van der Waals surface area (Å²) in [6.07, 6.45) is 1.69. The number of hydrogen-bond donors (Lipinski definition) is 1. The standard InChI is InChI=1S/C12H19FN2O2S/c1-3-5-8-15(4-2)18(16,17)10-6-7-12(14)11(13)9-10/h6-7,9H,3-5,8,14H2,1-2H3. The number of hydrogen-bond acceptors (Lipinski definition) is 3. The second-order valence-electron chi connectivity index (χ2n) is 4.03. The van der Waals surface area contributed by atoms with Crippen LogP contribution in [0.1, 0.15) is 26.7 Å². The molecule has 0 atom stereocenters. The molecule has 1 rings (SSSR count). The van der Waals surface area contributed by atoms with Crippen LogP contribution in [0, 0.1) is 5.82 Å². The van der Waals surface area contributed by atoms with Gasteiger partial charge in [0.05, 0.1) is 10.6 Å². The largest absolute Gasteiger partial charge is 0.396 e. The summed E-state index contributed by atoms with van der Waals surface area (Å²) in [7, 11) is -3.62. The molecule has 0 aliphatic rings. The van der Waals surface area contributed by atoms with E-state index in [1.165, 1.54) is 16.4 Å². The highest BCUT2D eigenvalue weighted by Crippen LogP contribution is 2.20. The fourth-order valence-corrected chi connectivity index (χ4v) is 3.10. The first kappa shape index (κ1) is 14.9. The molecule has 0 spiro atoms. The highest BCUT2D eigenvalue weighted by atomic mass is 32.2. The number of halogens is 1. The Morgan fingerprint density at radius 1 is 1.33 bits per heavy atom. The Kier molecular flexibility index (Phi) is 5.10. The smallest absolute Gasteiger partial charge is 0.243 e. The highest BCUT2D eigenvalue weighted by Gasteiger charge is 2.23. The Hall–Kier alpha value is -1.14. The molecule has 18 heavy (non-hydrogen) atoms. The Labute approximate surface area is 108 Å². The van der Waals surface area contributed by atoms with Crippen molar-refractivity contribution in [1.29, 1.82) is 0 Å². The van der Waals surface area contributed by atoms with Crippen LogP contribution in [0.3, 0.4) is 0 Å². The maximum absolute atomic E-state index is 13.3. The molecule has 0 heterocycles. The van der Waals surface area contributed by atoms with E-state index in [0.29, 0.717) is 13.1 Å². The van der Waals surface area contributed by atoms with Crippen LogP contribution in [0.2, 0.25) is 0 Å². The van der Waals surface area contributed by atoms with Crippen LogP contribution in [0.5, 0.6) is 0 Å². The number of unbranched alkanes of at least 4 members (excludes halogenated alkanes) is 1. The van der Waals surface area contributed by atoms with Crippen molar-refractivity contribution < 1.29 is 12.8 Å². The normalized spacial score (nSPS) is 12.0. The van der Waals surface area contributed by atoms with E-state index in [1.807, 2.05) is 6.92 Å².